The molecular weight excluding hydrogens is 270 g/mol. The van der Waals surface area contributed by atoms with Crippen LogP contribution in [0, 0.1) is 5.92 Å². The van der Waals surface area contributed by atoms with E-state index in [-0.39, 0.29) is 12.5 Å². The zero-order valence-corrected chi connectivity index (χ0v) is 12.5. The maximum absolute atomic E-state index is 12.5. The molecule has 1 aliphatic rings. The van der Waals surface area contributed by atoms with E-state index in [0.29, 0.717) is 23.4 Å². The van der Waals surface area contributed by atoms with Crippen LogP contribution in [0.25, 0.3) is 0 Å². The van der Waals surface area contributed by atoms with Gasteiger partial charge in [0.05, 0.1) is 12.8 Å². The van der Waals surface area contributed by atoms with Crippen LogP contribution in [0.3, 0.4) is 0 Å². The van der Waals surface area contributed by atoms with Crippen LogP contribution in [0.2, 0.25) is 0 Å². The second-order valence-electron chi connectivity index (χ2n) is 5.24. The molecule has 0 unspecified atom stereocenters. The molecule has 1 aromatic rings. The molecule has 0 bridgehead atoms. The summed E-state index contributed by atoms with van der Waals surface area (Å²) in [4.78, 5) is 14.0. The number of ether oxygens (including phenoxy) is 1. The number of fused-ring (bicyclic) bond motifs is 1. The number of carbonyl (C=O) groups excluding carboxylic acids is 1. The topological polar surface area (TPSA) is 70.0 Å². The van der Waals surface area contributed by atoms with Crippen molar-refractivity contribution in [2.24, 2.45) is 5.92 Å². The van der Waals surface area contributed by atoms with Crippen molar-refractivity contribution >= 4 is 11.6 Å². The van der Waals surface area contributed by atoms with Gasteiger partial charge in [0, 0.05) is 25.1 Å². The van der Waals surface area contributed by atoms with Gasteiger partial charge in [0.2, 0.25) is 0 Å². The van der Waals surface area contributed by atoms with Crippen LogP contribution < -0.4 is 9.64 Å². The molecule has 0 fully saturated rings. The second-order valence-corrected chi connectivity index (χ2v) is 5.24. The van der Waals surface area contributed by atoms with Gasteiger partial charge in [-0.25, -0.2) is 0 Å². The summed E-state index contributed by atoms with van der Waals surface area (Å²) in [5.41, 5.74) is -0.369. The van der Waals surface area contributed by atoms with Crippen LogP contribution in [0.1, 0.15) is 18.9 Å². The molecule has 5 heteroatoms. The van der Waals surface area contributed by atoms with E-state index in [4.69, 9.17) is 9.84 Å². The molecule has 2 N–H and O–H groups in total. The summed E-state index contributed by atoms with van der Waals surface area (Å²) < 4.78 is 5.19. The molecule has 1 heterocycles. The Bertz CT molecular complexity index is 569. The first kappa shape index (κ1) is 15.5. The summed E-state index contributed by atoms with van der Waals surface area (Å²) in [6.45, 7) is 1.83. The highest BCUT2D eigenvalue weighted by molar-refractivity contribution is 6.07. The van der Waals surface area contributed by atoms with Crippen molar-refractivity contribution < 1.29 is 19.7 Å². The zero-order valence-electron chi connectivity index (χ0n) is 12.5. The lowest BCUT2D eigenvalue weighted by Crippen LogP contribution is -2.43. The molecule has 1 aliphatic heterocycles. The highest BCUT2D eigenvalue weighted by Gasteiger charge is 2.51. The number of methoxy groups -OCH3 is 1. The van der Waals surface area contributed by atoms with E-state index in [1.54, 1.807) is 51.4 Å². The molecule has 0 aromatic heterocycles. The van der Waals surface area contributed by atoms with Gasteiger partial charge in [-0.2, -0.15) is 0 Å². The van der Waals surface area contributed by atoms with E-state index in [9.17, 15) is 9.90 Å². The fourth-order valence-corrected chi connectivity index (χ4v) is 2.67. The van der Waals surface area contributed by atoms with E-state index in [0.717, 1.165) is 0 Å². The number of amides is 1. The Morgan fingerprint density at radius 1 is 1.48 bits per heavy atom. The van der Waals surface area contributed by atoms with Crippen LogP contribution in [0.15, 0.2) is 30.4 Å². The number of aliphatic hydroxyl groups is 2. The minimum absolute atomic E-state index is 0.0416. The lowest BCUT2D eigenvalue weighted by Gasteiger charge is -2.27. The first-order chi connectivity index (χ1) is 9.96. The van der Waals surface area contributed by atoms with Crippen molar-refractivity contribution in [3.8, 4) is 5.75 Å². The molecule has 114 valence electrons. The van der Waals surface area contributed by atoms with Gasteiger partial charge < -0.3 is 19.8 Å². The Morgan fingerprint density at radius 2 is 2.19 bits per heavy atom. The maximum atomic E-state index is 12.5. The number of benzene rings is 1. The molecule has 0 spiro atoms. The molecule has 1 aromatic carbocycles. The predicted molar refractivity (Wildman–Crippen MR) is 80.3 cm³/mol. The van der Waals surface area contributed by atoms with Gasteiger partial charge in [-0.3, -0.25) is 4.79 Å². The smallest absolute Gasteiger partial charge is 0.264 e. The first-order valence-corrected chi connectivity index (χ1v) is 6.93. The van der Waals surface area contributed by atoms with Crippen LogP contribution in [0.5, 0.6) is 5.75 Å². The van der Waals surface area contributed by atoms with Gasteiger partial charge in [0.25, 0.3) is 5.91 Å². The Kier molecular flexibility index (Phi) is 4.34. The number of hydrogen-bond acceptors (Lipinski definition) is 4. The van der Waals surface area contributed by atoms with Crippen molar-refractivity contribution in [2.45, 2.75) is 18.9 Å². The van der Waals surface area contributed by atoms with Gasteiger partial charge in [-0.05, 0) is 24.6 Å². The molecule has 2 rings (SSSR count). The van der Waals surface area contributed by atoms with Crippen LogP contribution in [-0.4, -0.2) is 36.9 Å². The number of likely N-dealkylation sites (N-methyl/N-ethyl adjacent to an activating group) is 1. The third-order valence-corrected chi connectivity index (χ3v) is 3.99. The Hall–Kier alpha value is -1.85. The lowest BCUT2D eigenvalue weighted by molar-refractivity contribution is -0.139. The minimum atomic E-state index is -1.61. The number of anilines is 1. The molecule has 0 saturated heterocycles. The molecule has 0 saturated carbocycles. The fourth-order valence-electron chi connectivity index (χ4n) is 2.67. The quantitative estimate of drug-likeness (QED) is 0.805. The summed E-state index contributed by atoms with van der Waals surface area (Å²) in [5, 5.41) is 19.8. The van der Waals surface area contributed by atoms with Crippen LogP contribution >= 0.6 is 0 Å². The summed E-state index contributed by atoms with van der Waals surface area (Å²) in [7, 11) is 3.20. The number of rotatable bonds is 5. The predicted octanol–water partition coefficient (Wildman–Crippen LogP) is 1.43. The van der Waals surface area contributed by atoms with Crippen molar-refractivity contribution in [3.63, 3.8) is 0 Å². The van der Waals surface area contributed by atoms with Gasteiger partial charge in [0.1, 0.15) is 5.75 Å². The summed E-state index contributed by atoms with van der Waals surface area (Å²) in [6, 6.07) is 5.24. The number of carbonyl (C=O) groups is 1. The highest BCUT2D eigenvalue weighted by atomic mass is 16.5. The molecule has 2 atom stereocenters. The molecular formula is C16H21NO4. The van der Waals surface area contributed by atoms with Gasteiger partial charge in [-0.15, -0.1) is 0 Å². The van der Waals surface area contributed by atoms with E-state index in [1.807, 2.05) is 0 Å². The normalized spacial score (nSPS) is 22.7. The van der Waals surface area contributed by atoms with E-state index >= 15 is 0 Å². The van der Waals surface area contributed by atoms with E-state index < -0.39 is 11.5 Å². The number of nitrogens with zero attached hydrogens (tertiary/aromatic N) is 1. The first-order valence-electron chi connectivity index (χ1n) is 6.93. The lowest BCUT2D eigenvalue weighted by atomic mass is 9.83. The molecule has 5 nitrogen and oxygen atoms in total. The molecule has 21 heavy (non-hydrogen) atoms. The standard InChI is InChI=1S/C16H21NO4/c1-11(6-4-5-9-18)16(20)13-10-12(21-3)7-8-14(13)17(2)15(16)19/h4,6-8,10-11,18,20H,5,9H2,1-3H3/b6-4+/t11-,16+/m0/s1. The second kappa shape index (κ2) is 5.87. The fraction of sp³-hybridized carbons (Fsp3) is 0.438. The zero-order chi connectivity index (χ0) is 15.6. The van der Waals surface area contributed by atoms with Gasteiger partial charge in [0.15, 0.2) is 5.60 Å². The summed E-state index contributed by atoms with van der Waals surface area (Å²) in [5.74, 6) is -0.166. The average molecular weight is 291 g/mol. The van der Waals surface area contributed by atoms with Gasteiger partial charge >= 0.3 is 0 Å². The molecule has 1 amide bonds. The van der Waals surface area contributed by atoms with Crippen LogP contribution in [-0.2, 0) is 10.4 Å². The third kappa shape index (κ3) is 2.43. The monoisotopic (exact) mass is 291 g/mol. The molecule has 0 aliphatic carbocycles. The Morgan fingerprint density at radius 3 is 2.81 bits per heavy atom. The average Bonchev–Trinajstić information content (AvgIpc) is 2.70. The molecule has 0 radical (unpaired) electrons. The van der Waals surface area contributed by atoms with Crippen LogP contribution in [0.4, 0.5) is 5.69 Å². The van der Waals surface area contributed by atoms with Crippen molar-refractivity contribution in [1.82, 2.24) is 0 Å². The number of hydrogen-bond donors (Lipinski definition) is 2. The SMILES string of the molecule is COc1ccc2c(c1)[C@](O)([C@@H](C)/C=C/CCO)C(=O)N2C. The van der Waals surface area contributed by atoms with Gasteiger partial charge in [-0.1, -0.05) is 19.1 Å². The van der Waals surface area contributed by atoms with E-state index in [1.165, 1.54) is 4.90 Å². The van der Waals surface area contributed by atoms with Crippen molar-refractivity contribution in [2.75, 3.05) is 25.7 Å². The Labute approximate surface area is 124 Å². The van der Waals surface area contributed by atoms with E-state index in [2.05, 4.69) is 0 Å². The number of aliphatic hydroxyl groups excluding tert-OH is 1. The van der Waals surface area contributed by atoms with Crippen molar-refractivity contribution in [1.29, 1.82) is 0 Å². The third-order valence-electron chi connectivity index (χ3n) is 3.99. The maximum Gasteiger partial charge on any atom is 0.264 e. The Balaban J connectivity index is 2.46. The minimum Gasteiger partial charge on any atom is -0.497 e. The highest BCUT2D eigenvalue weighted by Crippen LogP contribution is 2.45. The largest absolute Gasteiger partial charge is 0.497 e. The van der Waals surface area contributed by atoms with Crippen molar-refractivity contribution in [3.05, 3.63) is 35.9 Å². The summed E-state index contributed by atoms with van der Waals surface area (Å²) in [6.07, 6.45) is 4.03. The summed E-state index contributed by atoms with van der Waals surface area (Å²) >= 11 is 0.